The third kappa shape index (κ3) is 5.18. The van der Waals surface area contributed by atoms with Crippen LogP contribution in [0.15, 0.2) is 24.3 Å². The maximum absolute atomic E-state index is 14.0. The fourth-order valence-electron chi connectivity index (χ4n) is 4.13. The number of benzene rings is 1. The van der Waals surface area contributed by atoms with Crippen LogP contribution in [0.5, 0.6) is 0 Å². The summed E-state index contributed by atoms with van der Waals surface area (Å²) in [5.74, 6) is 0. The van der Waals surface area contributed by atoms with Gasteiger partial charge in [-0.3, -0.25) is 4.57 Å². The summed E-state index contributed by atoms with van der Waals surface area (Å²) in [7, 11) is -3.28. The average molecular weight is 364 g/mol. The zero-order valence-electron chi connectivity index (χ0n) is 15.6. The lowest BCUT2D eigenvalue weighted by molar-refractivity contribution is 0.0845. The first-order valence-corrected chi connectivity index (χ1v) is 11.8. The normalized spacial score (nSPS) is 20.7. The van der Waals surface area contributed by atoms with Crippen LogP contribution >= 0.6 is 7.60 Å². The maximum atomic E-state index is 14.0. The van der Waals surface area contributed by atoms with Gasteiger partial charge in [-0.1, -0.05) is 70.1 Å². The molecule has 3 nitrogen and oxygen atoms in total. The fraction of sp³-hybridized carbons (Fsp3) is 0.714. The van der Waals surface area contributed by atoms with E-state index in [0.29, 0.717) is 0 Å². The van der Waals surface area contributed by atoms with Crippen LogP contribution < -0.4 is 5.30 Å². The van der Waals surface area contributed by atoms with E-state index in [1.165, 1.54) is 38.5 Å². The second-order valence-corrected chi connectivity index (χ2v) is 9.51. The molecule has 0 N–H and O–H groups in total. The second-order valence-electron chi connectivity index (χ2n) is 7.61. The van der Waals surface area contributed by atoms with E-state index in [-0.39, 0.29) is 12.2 Å². The first-order chi connectivity index (χ1) is 12.2. The van der Waals surface area contributed by atoms with Gasteiger partial charge in [0.1, 0.15) is 0 Å². The molecule has 1 aromatic carbocycles. The summed E-state index contributed by atoms with van der Waals surface area (Å²) in [6.07, 6.45) is 13.4. The van der Waals surface area contributed by atoms with E-state index in [1.54, 1.807) is 0 Å². The Balaban J connectivity index is 1.85. The van der Waals surface area contributed by atoms with Gasteiger partial charge in [0, 0.05) is 0 Å². The van der Waals surface area contributed by atoms with Gasteiger partial charge in [-0.05, 0) is 43.7 Å². The standard InChI is InChI=1S/C21H33O3P/c1-2-11-18-12-9-10-17-21(18)25(22,23-19-13-5-3-6-14-19)24-20-15-7-4-8-16-20/h9-10,12,17,19-20H,2-8,11,13-16H2,1H3. The molecular weight excluding hydrogens is 331 g/mol. The predicted molar refractivity (Wildman–Crippen MR) is 104 cm³/mol. The second kappa shape index (κ2) is 9.35. The van der Waals surface area contributed by atoms with Gasteiger partial charge >= 0.3 is 7.60 Å². The van der Waals surface area contributed by atoms with Crippen molar-refractivity contribution in [3.8, 4) is 0 Å². The van der Waals surface area contributed by atoms with E-state index < -0.39 is 7.60 Å². The quantitative estimate of drug-likeness (QED) is 0.544. The number of rotatable bonds is 7. The highest BCUT2D eigenvalue weighted by atomic mass is 31.2. The molecule has 0 bridgehead atoms. The summed E-state index contributed by atoms with van der Waals surface area (Å²) in [4.78, 5) is 0. The van der Waals surface area contributed by atoms with E-state index in [2.05, 4.69) is 13.0 Å². The highest BCUT2D eigenvalue weighted by Gasteiger charge is 2.36. The number of aryl methyl sites for hydroxylation is 1. The van der Waals surface area contributed by atoms with Crippen molar-refractivity contribution < 1.29 is 13.6 Å². The fourth-order valence-corrected chi connectivity index (χ4v) is 6.42. The molecule has 2 aliphatic rings. The molecule has 0 spiro atoms. The van der Waals surface area contributed by atoms with Gasteiger partial charge in [0.15, 0.2) is 0 Å². The van der Waals surface area contributed by atoms with Crippen molar-refractivity contribution in [3.63, 3.8) is 0 Å². The van der Waals surface area contributed by atoms with Gasteiger partial charge in [0.25, 0.3) is 0 Å². The summed E-state index contributed by atoms with van der Waals surface area (Å²) in [5.41, 5.74) is 1.12. The zero-order valence-corrected chi connectivity index (χ0v) is 16.5. The Hall–Kier alpha value is -0.630. The van der Waals surface area contributed by atoms with Crippen molar-refractivity contribution in [2.24, 2.45) is 0 Å². The van der Waals surface area contributed by atoms with Gasteiger partial charge in [0.05, 0.1) is 17.5 Å². The van der Waals surface area contributed by atoms with Gasteiger partial charge < -0.3 is 9.05 Å². The van der Waals surface area contributed by atoms with Crippen molar-refractivity contribution in [1.29, 1.82) is 0 Å². The van der Waals surface area contributed by atoms with Crippen LogP contribution in [0.4, 0.5) is 0 Å². The van der Waals surface area contributed by atoms with E-state index in [4.69, 9.17) is 9.05 Å². The molecule has 0 radical (unpaired) electrons. The first kappa shape index (κ1) is 19.1. The van der Waals surface area contributed by atoms with Gasteiger partial charge in [-0.15, -0.1) is 0 Å². The monoisotopic (exact) mass is 364 g/mol. The van der Waals surface area contributed by atoms with Crippen molar-refractivity contribution in [3.05, 3.63) is 29.8 Å². The summed E-state index contributed by atoms with van der Waals surface area (Å²) in [6.45, 7) is 2.16. The Bertz CT molecular complexity index is 550. The summed E-state index contributed by atoms with van der Waals surface area (Å²) >= 11 is 0. The minimum atomic E-state index is -3.28. The molecule has 3 rings (SSSR count). The summed E-state index contributed by atoms with van der Waals surface area (Å²) in [6, 6.07) is 8.05. The molecule has 0 atom stereocenters. The van der Waals surface area contributed by atoms with Crippen LogP contribution in [-0.2, 0) is 20.0 Å². The van der Waals surface area contributed by atoms with E-state index in [9.17, 15) is 4.57 Å². The molecule has 4 heteroatoms. The Morgan fingerprint density at radius 1 is 0.880 bits per heavy atom. The average Bonchev–Trinajstić information content (AvgIpc) is 2.64. The summed E-state index contributed by atoms with van der Waals surface area (Å²) in [5, 5.41) is 0.813. The first-order valence-electron chi connectivity index (χ1n) is 10.3. The number of hydrogen-bond donors (Lipinski definition) is 0. The molecule has 0 aromatic heterocycles. The van der Waals surface area contributed by atoms with E-state index >= 15 is 0 Å². The third-order valence-electron chi connectivity index (χ3n) is 5.49. The molecule has 1 aromatic rings. The molecule has 25 heavy (non-hydrogen) atoms. The highest BCUT2D eigenvalue weighted by Crippen LogP contribution is 2.53. The molecule has 0 heterocycles. The predicted octanol–water partition coefficient (Wildman–Crippen LogP) is 6.16. The molecule has 0 aliphatic heterocycles. The lowest BCUT2D eigenvalue weighted by atomic mass is 9.98. The molecule has 0 unspecified atom stereocenters. The van der Waals surface area contributed by atoms with Crippen LogP contribution in [0.1, 0.15) is 83.1 Å². The molecule has 2 saturated carbocycles. The van der Waals surface area contributed by atoms with Gasteiger partial charge in [-0.2, -0.15) is 0 Å². The zero-order chi connectivity index (χ0) is 17.5. The maximum Gasteiger partial charge on any atom is 0.362 e. The van der Waals surface area contributed by atoms with Crippen molar-refractivity contribution in [1.82, 2.24) is 0 Å². The van der Waals surface area contributed by atoms with Crippen LogP contribution in [-0.4, -0.2) is 12.2 Å². The molecule has 2 fully saturated rings. The molecule has 2 aliphatic carbocycles. The SMILES string of the molecule is CCCc1ccccc1P(=O)(OC1CCCCC1)OC1CCCCC1. The van der Waals surface area contributed by atoms with Gasteiger partial charge in [-0.25, -0.2) is 0 Å². The molecule has 0 saturated heterocycles. The Morgan fingerprint density at radius 3 is 1.92 bits per heavy atom. The smallest absolute Gasteiger partial charge is 0.302 e. The topological polar surface area (TPSA) is 35.5 Å². The third-order valence-corrected chi connectivity index (χ3v) is 7.66. The largest absolute Gasteiger partial charge is 0.362 e. The molecular formula is C21H33O3P. The van der Waals surface area contributed by atoms with E-state index in [0.717, 1.165) is 49.4 Å². The van der Waals surface area contributed by atoms with Crippen LogP contribution in [0.2, 0.25) is 0 Å². The van der Waals surface area contributed by atoms with Crippen LogP contribution in [0, 0.1) is 0 Å². The highest BCUT2D eigenvalue weighted by molar-refractivity contribution is 7.62. The minimum absolute atomic E-state index is 0.0813. The summed E-state index contributed by atoms with van der Waals surface area (Å²) < 4.78 is 26.6. The molecule has 0 amide bonds. The Kier molecular flexibility index (Phi) is 7.16. The van der Waals surface area contributed by atoms with Crippen molar-refractivity contribution in [2.45, 2.75) is 96.2 Å². The van der Waals surface area contributed by atoms with Crippen LogP contribution in [0.25, 0.3) is 0 Å². The molecule has 140 valence electrons. The van der Waals surface area contributed by atoms with Crippen LogP contribution in [0.3, 0.4) is 0 Å². The Morgan fingerprint density at radius 2 is 1.40 bits per heavy atom. The Labute approximate surface area is 153 Å². The lowest BCUT2D eigenvalue weighted by Crippen LogP contribution is -2.26. The van der Waals surface area contributed by atoms with Crippen molar-refractivity contribution in [2.75, 3.05) is 0 Å². The van der Waals surface area contributed by atoms with E-state index in [1.807, 2.05) is 18.2 Å². The minimum Gasteiger partial charge on any atom is -0.302 e. The number of hydrogen-bond acceptors (Lipinski definition) is 3. The lowest BCUT2D eigenvalue weighted by Gasteiger charge is -2.32. The van der Waals surface area contributed by atoms with Gasteiger partial charge in [0.2, 0.25) is 0 Å². The van der Waals surface area contributed by atoms with Crippen molar-refractivity contribution >= 4 is 12.9 Å².